The minimum absolute atomic E-state index is 0.546. The number of methoxy groups -OCH3 is 1. The van der Waals surface area contributed by atoms with Crippen LogP contribution in [0.15, 0.2) is 12.1 Å². The Morgan fingerprint density at radius 3 is 2.50 bits per heavy atom. The lowest BCUT2D eigenvalue weighted by molar-refractivity contribution is 0.202. The highest BCUT2D eigenvalue weighted by atomic mass is 16.5. The van der Waals surface area contributed by atoms with Gasteiger partial charge in [0.25, 0.3) is 0 Å². The minimum Gasteiger partial charge on any atom is -0.492 e. The fourth-order valence-corrected chi connectivity index (χ4v) is 1.66. The number of ether oxygens (including phenoxy) is 2. The van der Waals surface area contributed by atoms with Crippen molar-refractivity contribution in [3.05, 3.63) is 28.8 Å². The molecule has 1 aromatic carbocycles. The molecule has 0 aliphatic heterocycles. The van der Waals surface area contributed by atoms with E-state index in [1.807, 2.05) is 6.07 Å². The first-order chi connectivity index (χ1) is 7.70. The highest BCUT2D eigenvalue weighted by Crippen LogP contribution is 2.24. The predicted molar refractivity (Wildman–Crippen MR) is 66.0 cm³/mol. The molecule has 0 saturated carbocycles. The molecule has 0 aromatic heterocycles. The molecule has 0 fully saturated rings. The Bertz CT molecular complexity index is 304. The Morgan fingerprint density at radius 2 is 1.88 bits per heavy atom. The molecule has 0 spiro atoms. The number of hydrogen-bond acceptors (Lipinski definition) is 3. The second-order valence-corrected chi connectivity index (χ2v) is 3.85. The van der Waals surface area contributed by atoms with E-state index in [4.69, 9.17) is 15.2 Å². The molecule has 3 heteroatoms. The van der Waals surface area contributed by atoms with E-state index in [0.717, 1.165) is 18.8 Å². The van der Waals surface area contributed by atoms with Crippen molar-refractivity contribution in [2.24, 2.45) is 5.73 Å². The Balaban J connectivity index is 2.81. The molecule has 0 atom stereocenters. The van der Waals surface area contributed by atoms with Gasteiger partial charge in [0.1, 0.15) is 12.4 Å². The molecule has 0 saturated heterocycles. The van der Waals surface area contributed by atoms with Crippen LogP contribution in [0.3, 0.4) is 0 Å². The molecule has 0 radical (unpaired) electrons. The first kappa shape index (κ1) is 13.0. The smallest absolute Gasteiger partial charge is 0.122 e. The monoisotopic (exact) mass is 223 g/mol. The van der Waals surface area contributed by atoms with Crippen molar-refractivity contribution < 1.29 is 9.47 Å². The van der Waals surface area contributed by atoms with E-state index < -0.39 is 0 Å². The van der Waals surface area contributed by atoms with E-state index in [2.05, 4.69) is 19.9 Å². The standard InChI is InChI=1S/C13H21NO2/c1-10-11(2)13(16-9-7-14)5-4-12(10)6-8-15-3/h4-5H,6-9,14H2,1-3H3. The SMILES string of the molecule is COCCc1ccc(OCCN)c(C)c1C. The molecular weight excluding hydrogens is 202 g/mol. The van der Waals surface area contributed by atoms with Crippen LogP contribution >= 0.6 is 0 Å². The molecule has 3 nitrogen and oxygen atoms in total. The summed E-state index contributed by atoms with van der Waals surface area (Å²) >= 11 is 0. The van der Waals surface area contributed by atoms with Gasteiger partial charge in [-0.3, -0.25) is 0 Å². The van der Waals surface area contributed by atoms with Gasteiger partial charge in [0.15, 0.2) is 0 Å². The van der Waals surface area contributed by atoms with Gasteiger partial charge in [0, 0.05) is 13.7 Å². The normalized spacial score (nSPS) is 10.5. The molecular formula is C13H21NO2. The van der Waals surface area contributed by atoms with Crippen LogP contribution < -0.4 is 10.5 Å². The molecule has 1 rings (SSSR count). The lowest BCUT2D eigenvalue weighted by Gasteiger charge is -2.13. The molecule has 0 bridgehead atoms. The molecule has 16 heavy (non-hydrogen) atoms. The van der Waals surface area contributed by atoms with Gasteiger partial charge in [-0.15, -0.1) is 0 Å². The van der Waals surface area contributed by atoms with Crippen LogP contribution in [0, 0.1) is 13.8 Å². The molecule has 0 amide bonds. The summed E-state index contributed by atoms with van der Waals surface area (Å²) in [5, 5.41) is 0. The summed E-state index contributed by atoms with van der Waals surface area (Å²) in [5.41, 5.74) is 9.22. The minimum atomic E-state index is 0.546. The Morgan fingerprint density at radius 1 is 1.12 bits per heavy atom. The van der Waals surface area contributed by atoms with Gasteiger partial charge in [-0.05, 0) is 43.0 Å². The van der Waals surface area contributed by atoms with E-state index in [9.17, 15) is 0 Å². The quantitative estimate of drug-likeness (QED) is 0.800. The van der Waals surface area contributed by atoms with Crippen LogP contribution in [0.4, 0.5) is 0 Å². The van der Waals surface area contributed by atoms with Crippen molar-refractivity contribution in [1.82, 2.24) is 0 Å². The average molecular weight is 223 g/mol. The zero-order chi connectivity index (χ0) is 12.0. The molecule has 2 N–H and O–H groups in total. The number of hydrogen-bond donors (Lipinski definition) is 1. The Hall–Kier alpha value is -1.06. The van der Waals surface area contributed by atoms with Crippen LogP contribution in [0.2, 0.25) is 0 Å². The van der Waals surface area contributed by atoms with Crippen LogP contribution in [-0.4, -0.2) is 26.9 Å². The summed E-state index contributed by atoms with van der Waals surface area (Å²) in [6.45, 7) is 6.07. The third-order valence-electron chi connectivity index (χ3n) is 2.80. The topological polar surface area (TPSA) is 44.5 Å². The van der Waals surface area contributed by atoms with Crippen molar-refractivity contribution in [2.45, 2.75) is 20.3 Å². The zero-order valence-corrected chi connectivity index (χ0v) is 10.4. The van der Waals surface area contributed by atoms with E-state index in [0.29, 0.717) is 13.2 Å². The van der Waals surface area contributed by atoms with Gasteiger partial charge in [-0.1, -0.05) is 6.07 Å². The van der Waals surface area contributed by atoms with E-state index >= 15 is 0 Å². The second-order valence-electron chi connectivity index (χ2n) is 3.85. The van der Waals surface area contributed by atoms with Gasteiger partial charge in [0.05, 0.1) is 6.61 Å². The third-order valence-corrected chi connectivity index (χ3v) is 2.80. The first-order valence-corrected chi connectivity index (χ1v) is 5.61. The maximum Gasteiger partial charge on any atom is 0.122 e. The molecule has 90 valence electrons. The fourth-order valence-electron chi connectivity index (χ4n) is 1.66. The van der Waals surface area contributed by atoms with Crippen LogP contribution in [-0.2, 0) is 11.2 Å². The average Bonchev–Trinajstić information content (AvgIpc) is 2.30. The van der Waals surface area contributed by atoms with Crippen molar-refractivity contribution in [2.75, 3.05) is 26.9 Å². The van der Waals surface area contributed by atoms with Crippen LogP contribution in [0.1, 0.15) is 16.7 Å². The van der Waals surface area contributed by atoms with Gasteiger partial charge in [0.2, 0.25) is 0 Å². The lowest BCUT2D eigenvalue weighted by atomic mass is 10.0. The Kier molecular flexibility index (Phi) is 5.29. The van der Waals surface area contributed by atoms with Gasteiger partial charge < -0.3 is 15.2 Å². The van der Waals surface area contributed by atoms with Crippen LogP contribution in [0.5, 0.6) is 5.75 Å². The van der Waals surface area contributed by atoms with E-state index in [-0.39, 0.29) is 0 Å². The number of nitrogens with two attached hydrogens (primary N) is 1. The largest absolute Gasteiger partial charge is 0.492 e. The van der Waals surface area contributed by atoms with E-state index in [1.54, 1.807) is 7.11 Å². The number of benzene rings is 1. The second kappa shape index (κ2) is 6.51. The molecule has 0 heterocycles. The molecule has 0 aliphatic carbocycles. The van der Waals surface area contributed by atoms with Gasteiger partial charge in [-0.2, -0.15) is 0 Å². The third kappa shape index (κ3) is 3.22. The summed E-state index contributed by atoms with van der Waals surface area (Å²) < 4.78 is 10.7. The van der Waals surface area contributed by atoms with Crippen molar-refractivity contribution in [1.29, 1.82) is 0 Å². The highest BCUT2D eigenvalue weighted by Gasteiger charge is 2.06. The summed E-state index contributed by atoms with van der Waals surface area (Å²) in [4.78, 5) is 0. The molecule has 0 unspecified atom stereocenters. The summed E-state index contributed by atoms with van der Waals surface area (Å²) in [5.74, 6) is 0.934. The number of rotatable bonds is 6. The zero-order valence-electron chi connectivity index (χ0n) is 10.4. The predicted octanol–water partition coefficient (Wildman–Crippen LogP) is 1.83. The summed E-state index contributed by atoms with van der Waals surface area (Å²) in [7, 11) is 1.72. The summed E-state index contributed by atoms with van der Waals surface area (Å²) in [6.07, 6.45) is 0.945. The Labute approximate surface area is 97.6 Å². The highest BCUT2D eigenvalue weighted by molar-refractivity contribution is 5.43. The van der Waals surface area contributed by atoms with Crippen LogP contribution in [0.25, 0.3) is 0 Å². The van der Waals surface area contributed by atoms with Gasteiger partial charge >= 0.3 is 0 Å². The first-order valence-electron chi connectivity index (χ1n) is 5.61. The fraction of sp³-hybridized carbons (Fsp3) is 0.538. The lowest BCUT2D eigenvalue weighted by Crippen LogP contribution is -2.11. The maximum atomic E-state index is 5.57. The van der Waals surface area contributed by atoms with Gasteiger partial charge in [-0.25, -0.2) is 0 Å². The van der Waals surface area contributed by atoms with Crippen molar-refractivity contribution in [3.8, 4) is 5.75 Å². The van der Waals surface area contributed by atoms with E-state index in [1.165, 1.54) is 16.7 Å². The van der Waals surface area contributed by atoms with Crippen molar-refractivity contribution in [3.63, 3.8) is 0 Å². The molecule has 1 aromatic rings. The maximum absolute atomic E-state index is 5.57. The molecule has 0 aliphatic rings. The van der Waals surface area contributed by atoms with Crippen molar-refractivity contribution >= 4 is 0 Å². The summed E-state index contributed by atoms with van der Waals surface area (Å²) in [6, 6.07) is 4.12.